The topological polar surface area (TPSA) is 12.4 Å². The molecule has 0 aromatic carbocycles. The van der Waals surface area contributed by atoms with Crippen LogP contribution in [0.25, 0.3) is 0 Å². The fraction of sp³-hybridized carbons (Fsp3) is 0.667. The Balaban J connectivity index is 4.63. The van der Waals surface area contributed by atoms with Crippen molar-refractivity contribution >= 4 is 5.71 Å². The first-order valence-corrected chi connectivity index (χ1v) is 6.49. The quantitative estimate of drug-likeness (QED) is 0.417. The molecule has 0 N–H and O–H groups in total. The molecule has 0 amide bonds. The molecule has 0 aliphatic carbocycles. The van der Waals surface area contributed by atoms with Gasteiger partial charge < -0.3 is 0 Å². The van der Waals surface area contributed by atoms with Gasteiger partial charge in [0.05, 0.1) is 5.70 Å². The van der Waals surface area contributed by atoms with Crippen LogP contribution in [0.4, 0.5) is 0 Å². The molecular formula is C15H27N. The van der Waals surface area contributed by atoms with Crippen molar-refractivity contribution in [2.75, 3.05) is 0 Å². The van der Waals surface area contributed by atoms with E-state index in [9.17, 15) is 0 Å². The van der Waals surface area contributed by atoms with E-state index in [4.69, 9.17) is 4.99 Å². The maximum atomic E-state index is 4.75. The van der Waals surface area contributed by atoms with Crippen molar-refractivity contribution in [3.63, 3.8) is 0 Å². The van der Waals surface area contributed by atoms with E-state index in [1.54, 1.807) is 0 Å². The van der Waals surface area contributed by atoms with E-state index in [2.05, 4.69) is 32.9 Å². The van der Waals surface area contributed by atoms with E-state index in [1.807, 2.05) is 19.9 Å². The number of allylic oxidation sites excluding steroid dienone is 3. The minimum atomic E-state index is 0.694. The second-order valence-corrected chi connectivity index (χ2v) is 4.59. The van der Waals surface area contributed by atoms with Crippen LogP contribution in [0.2, 0.25) is 0 Å². The zero-order chi connectivity index (χ0) is 12.4. The van der Waals surface area contributed by atoms with Crippen molar-refractivity contribution in [2.24, 2.45) is 10.9 Å². The Bertz CT molecular complexity index is 257. The summed E-state index contributed by atoms with van der Waals surface area (Å²) in [5.41, 5.74) is 2.44. The summed E-state index contributed by atoms with van der Waals surface area (Å²) in [5.74, 6) is 0.694. The highest BCUT2D eigenvalue weighted by Crippen LogP contribution is 2.11. The van der Waals surface area contributed by atoms with Crippen LogP contribution in [0.5, 0.6) is 0 Å². The lowest BCUT2D eigenvalue weighted by Crippen LogP contribution is -2.03. The SMILES string of the molecule is C/C=C\C(=C\C)N=C(CCCC)CC(C)C. The van der Waals surface area contributed by atoms with Crippen LogP contribution in [0, 0.1) is 5.92 Å². The molecule has 0 rings (SSSR count). The van der Waals surface area contributed by atoms with Gasteiger partial charge >= 0.3 is 0 Å². The maximum absolute atomic E-state index is 4.75. The van der Waals surface area contributed by atoms with Gasteiger partial charge in [-0.05, 0) is 45.1 Å². The average molecular weight is 221 g/mol. The van der Waals surface area contributed by atoms with Crippen LogP contribution in [0.15, 0.2) is 28.9 Å². The van der Waals surface area contributed by atoms with Crippen molar-refractivity contribution in [3.05, 3.63) is 23.9 Å². The number of nitrogens with zero attached hydrogens (tertiary/aromatic N) is 1. The summed E-state index contributed by atoms with van der Waals surface area (Å²) >= 11 is 0. The standard InChI is InChI=1S/C15H27N/c1-6-9-11-15(12-13(4)5)16-14(8-3)10-7-2/h7-8,10,13H,6,9,11-12H2,1-5H3/b10-7-,14-8-,16-15?. The van der Waals surface area contributed by atoms with Crippen molar-refractivity contribution in [1.29, 1.82) is 0 Å². The molecule has 92 valence electrons. The lowest BCUT2D eigenvalue weighted by molar-refractivity contribution is 0.669. The highest BCUT2D eigenvalue weighted by atomic mass is 14.7. The summed E-state index contributed by atoms with van der Waals surface area (Å²) in [5, 5.41) is 0. The number of hydrogen-bond donors (Lipinski definition) is 0. The summed E-state index contributed by atoms with van der Waals surface area (Å²) in [6.45, 7) is 10.8. The first kappa shape index (κ1) is 15.2. The predicted octanol–water partition coefficient (Wildman–Crippen LogP) is 5.14. The van der Waals surface area contributed by atoms with Crippen molar-refractivity contribution < 1.29 is 0 Å². The Morgan fingerprint density at radius 3 is 2.38 bits per heavy atom. The normalized spacial score (nSPS) is 14.1. The lowest BCUT2D eigenvalue weighted by Gasteiger charge is -2.09. The highest BCUT2D eigenvalue weighted by Gasteiger charge is 2.03. The molecule has 0 unspecified atom stereocenters. The molecule has 0 saturated heterocycles. The molecular weight excluding hydrogens is 194 g/mol. The molecule has 0 bridgehead atoms. The van der Waals surface area contributed by atoms with E-state index in [1.165, 1.54) is 18.6 Å². The van der Waals surface area contributed by atoms with E-state index >= 15 is 0 Å². The number of hydrogen-bond acceptors (Lipinski definition) is 1. The zero-order valence-corrected chi connectivity index (χ0v) is 11.6. The molecule has 0 aliphatic rings. The first-order chi connectivity index (χ1) is 7.63. The average Bonchev–Trinajstić information content (AvgIpc) is 2.24. The van der Waals surface area contributed by atoms with E-state index < -0.39 is 0 Å². The Kier molecular flexibility index (Phi) is 8.88. The molecule has 0 aliphatic heterocycles. The molecule has 0 heterocycles. The van der Waals surface area contributed by atoms with Gasteiger partial charge in [-0.1, -0.05) is 39.3 Å². The molecule has 0 spiro atoms. The third-order valence-electron chi connectivity index (χ3n) is 2.38. The maximum Gasteiger partial charge on any atom is 0.0583 e. The second-order valence-electron chi connectivity index (χ2n) is 4.59. The predicted molar refractivity (Wildman–Crippen MR) is 75.0 cm³/mol. The summed E-state index contributed by atoms with van der Waals surface area (Å²) < 4.78 is 0. The fourth-order valence-electron chi connectivity index (χ4n) is 1.61. The summed E-state index contributed by atoms with van der Waals surface area (Å²) in [4.78, 5) is 4.75. The van der Waals surface area contributed by atoms with E-state index in [0.29, 0.717) is 5.92 Å². The number of aliphatic imine (C=N–C) groups is 1. The van der Waals surface area contributed by atoms with Gasteiger partial charge in [-0.25, -0.2) is 0 Å². The van der Waals surface area contributed by atoms with Crippen LogP contribution in [0.3, 0.4) is 0 Å². The van der Waals surface area contributed by atoms with Crippen molar-refractivity contribution in [1.82, 2.24) is 0 Å². The Labute approximate surface area is 101 Å². The van der Waals surface area contributed by atoms with Gasteiger partial charge in [0.25, 0.3) is 0 Å². The molecule has 0 saturated carbocycles. The van der Waals surface area contributed by atoms with Gasteiger partial charge in [0.1, 0.15) is 0 Å². The van der Waals surface area contributed by atoms with Crippen LogP contribution in [-0.4, -0.2) is 5.71 Å². The van der Waals surface area contributed by atoms with Crippen molar-refractivity contribution in [2.45, 2.75) is 60.3 Å². The Morgan fingerprint density at radius 1 is 1.25 bits per heavy atom. The molecule has 0 radical (unpaired) electrons. The number of unbranched alkanes of at least 4 members (excludes halogenated alkanes) is 1. The van der Waals surface area contributed by atoms with Gasteiger partial charge in [-0.2, -0.15) is 0 Å². The van der Waals surface area contributed by atoms with E-state index in [0.717, 1.165) is 18.5 Å². The monoisotopic (exact) mass is 221 g/mol. The third-order valence-corrected chi connectivity index (χ3v) is 2.38. The summed E-state index contributed by atoms with van der Waals surface area (Å²) in [6.07, 6.45) is 11.0. The highest BCUT2D eigenvalue weighted by molar-refractivity contribution is 5.85. The van der Waals surface area contributed by atoms with Gasteiger partial charge in [0, 0.05) is 5.71 Å². The van der Waals surface area contributed by atoms with Gasteiger partial charge in [-0.3, -0.25) is 4.99 Å². The smallest absolute Gasteiger partial charge is 0.0583 e. The zero-order valence-electron chi connectivity index (χ0n) is 11.6. The van der Waals surface area contributed by atoms with Crippen molar-refractivity contribution in [3.8, 4) is 0 Å². The van der Waals surface area contributed by atoms with E-state index in [-0.39, 0.29) is 0 Å². The molecule has 1 heteroatoms. The van der Waals surface area contributed by atoms with Gasteiger partial charge in [-0.15, -0.1) is 0 Å². The molecule has 0 aromatic rings. The second kappa shape index (κ2) is 9.38. The molecule has 0 aromatic heterocycles. The van der Waals surface area contributed by atoms with Crippen LogP contribution < -0.4 is 0 Å². The van der Waals surface area contributed by atoms with Crippen LogP contribution in [0.1, 0.15) is 60.3 Å². The molecule has 0 atom stereocenters. The lowest BCUT2D eigenvalue weighted by atomic mass is 10.0. The number of rotatable bonds is 7. The van der Waals surface area contributed by atoms with Crippen LogP contribution in [-0.2, 0) is 0 Å². The minimum absolute atomic E-state index is 0.694. The van der Waals surface area contributed by atoms with Gasteiger partial charge in [0.15, 0.2) is 0 Å². The van der Waals surface area contributed by atoms with Crippen LogP contribution >= 0.6 is 0 Å². The first-order valence-electron chi connectivity index (χ1n) is 6.49. The molecule has 1 nitrogen and oxygen atoms in total. The Morgan fingerprint density at radius 2 is 1.94 bits per heavy atom. The largest absolute Gasteiger partial charge is 0.258 e. The molecule has 16 heavy (non-hydrogen) atoms. The minimum Gasteiger partial charge on any atom is -0.258 e. The Hall–Kier alpha value is -0.850. The summed E-state index contributed by atoms with van der Waals surface area (Å²) in [7, 11) is 0. The fourth-order valence-corrected chi connectivity index (χ4v) is 1.61. The van der Waals surface area contributed by atoms with Gasteiger partial charge in [0.2, 0.25) is 0 Å². The summed E-state index contributed by atoms with van der Waals surface area (Å²) in [6, 6.07) is 0. The third kappa shape index (κ3) is 7.44. The molecule has 0 fully saturated rings.